The first-order valence-corrected chi connectivity index (χ1v) is 8.60. The van der Waals surface area contributed by atoms with E-state index in [9.17, 15) is 4.79 Å². The van der Waals surface area contributed by atoms with Gasteiger partial charge in [0.05, 0.1) is 0 Å². The topological polar surface area (TPSA) is 85.9 Å². The number of nitrogens with one attached hydrogen (secondary N) is 1. The van der Waals surface area contributed by atoms with Crippen LogP contribution in [0.25, 0.3) is 0 Å². The Morgan fingerprint density at radius 3 is 2.76 bits per heavy atom. The monoisotopic (exact) mass is 345 g/mol. The second-order valence-electron chi connectivity index (χ2n) is 8.80. The van der Waals surface area contributed by atoms with Crippen LogP contribution in [-0.2, 0) is 21.4 Å². The molecular formula is C19H27N3O3. The van der Waals surface area contributed by atoms with Gasteiger partial charge in [-0.05, 0) is 62.3 Å². The minimum atomic E-state index is -0.575. The highest BCUT2D eigenvalue weighted by molar-refractivity contribution is 5.91. The molecule has 25 heavy (non-hydrogen) atoms. The molecule has 1 aliphatic carbocycles. The third-order valence-corrected chi connectivity index (χ3v) is 4.45. The van der Waals surface area contributed by atoms with E-state index in [-0.39, 0.29) is 11.4 Å². The average Bonchev–Trinajstić information content (AvgIpc) is 2.80. The minimum absolute atomic E-state index is 0.0807. The van der Waals surface area contributed by atoms with E-state index in [0.29, 0.717) is 12.3 Å². The van der Waals surface area contributed by atoms with Crippen molar-refractivity contribution in [3.05, 3.63) is 29.3 Å². The second kappa shape index (κ2) is 5.64. The molecule has 1 aromatic carbocycles. The van der Waals surface area contributed by atoms with Crippen molar-refractivity contribution in [2.24, 2.45) is 10.4 Å². The number of nitrogens with two attached hydrogens (primary N) is 1. The second-order valence-corrected chi connectivity index (χ2v) is 8.80. The minimum Gasteiger partial charge on any atom is -0.462 e. The van der Waals surface area contributed by atoms with Gasteiger partial charge in [-0.3, -0.25) is 0 Å². The predicted molar refractivity (Wildman–Crippen MR) is 97.4 cm³/mol. The lowest BCUT2D eigenvalue weighted by Crippen LogP contribution is -2.39. The lowest BCUT2D eigenvalue weighted by Gasteiger charge is -2.41. The lowest BCUT2D eigenvalue weighted by atomic mass is 9.66. The number of anilines is 1. The van der Waals surface area contributed by atoms with Crippen LogP contribution in [0.3, 0.4) is 0 Å². The highest BCUT2D eigenvalue weighted by Crippen LogP contribution is 2.49. The zero-order valence-corrected chi connectivity index (χ0v) is 15.6. The first-order chi connectivity index (χ1) is 11.5. The van der Waals surface area contributed by atoms with E-state index in [1.54, 1.807) is 0 Å². The summed E-state index contributed by atoms with van der Waals surface area (Å²) in [6.45, 7) is 10.3. The van der Waals surface area contributed by atoms with Gasteiger partial charge in [-0.2, -0.15) is 0 Å². The fourth-order valence-electron chi connectivity index (χ4n) is 3.78. The zero-order valence-electron chi connectivity index (χ0n) is 15.6. The normalized spacial score (nSPS) is 24.3. The van der Waals surface area contributed by atoms with Crippen LogP contribution in [0.4, 0.5) is 10.5 Å². The number of carbonyl (C=O) groups is 1. The molecule has 0 saturated heterocycles. The predicted octanol–water partition coefficient (Wildman–Crippen LogP) is 3.35. The van der Waals surface area contributed by atoms with E-state index in [4.69, 9.17) is 20.2 Å². The van der Waals surface area contributed by atoms with Crippen LogP contribution in [0.15, 0.2) is 23.2 Å². The quantitative estimate of drug-likeness (QED) is 0.706. The van der Waals surface area contributed by atoms with Gasteiger partial charge < -0.3 is 15.2 Å². The van der Waals surface area contributed by atoms with Crippen molar-refractivity contribution in [3.63, 3.8) is 0 Å². The van der Waals surface area contributed by atoms with Gasteiger partial charge in [0.1, 0.15) is 17.7 Å². The summed E-state index contributed by atoms with van der Waals surface area (Å²) in [5, 5.41) is 2.62. The standard InChI is InChI=1S/C19H27N3O3/c1-17(2,3)25-16(23)21-15-22-19(11-24-15)10-18(4,5)9-12-6-7-13(20)8-14(12)19/h6-8H,9-11,20H2,1-5H3,(H,21,22,23). The van der Waals surface area contributed by atoms with Crippen LogP contribution in [0.5, 0.6) is 0 Å². The molecule has 0 aromatic heterocycles. The number of carbonyl (C=O) groups excluding carboxylic acids is 1. The van der Waals surface area contributed by atoms with Gasteiger partial charge in [-0.25, -0.2) is 15.1 Å². The molecule has 1 heterocycles. The van der Waals surface area contributed by atoms with Crippen molar-refractivity contribution in [1.82, 2.24) is 5.32 Å². The Labute approximate surface area is 148 Å². The number of aliphatic imine (C=N–C) groups is 1. The van der Waals surface area contributed by atoms with Crippen LogP contribution >= 0.6 is 0 Å². The summed E-state index contributed by atoms with van der Waals surface area (Å²) in [4.78, 5) is 16.8. The Morgan fingerprint density at radius 1 is 1.36 bits per heavy atom. The molecule has 0 radical (unpaired) electrons. The molecule has 0 saturated carbocycles. The highest BCUT2D eigenvalue weighted by atomic mass is 16.6. The Balaban J connectivity index is 1.90. The number of benzene rings is 1. The van der Waals surface area contributed by atoms with Gasteiger partial charge in [-0.15, -0.1) is 0 Å². The van der Waals surface area contributed by atoms with E-state index in [0.717, 1.165) is 18.4 Å². The molecule has 1 aliphatic heterocycles. The lowest BCUT2D eigenvalue weighted by molar-refractivity contribution is 0.0550. The van der Waals surface area contributed by atoms with Crippen LogP contribution in [-0.4, -0.2) is 24.3 Å². The number of fused-ring (bicyclic) bond motifs is 2. The molecule has 0 bridgehead atoms. The molecule has 0 fully saturated rings. The van der Waals surface area contributed by atoms with Crippen LogP contribution < -0.4 is 11.1 Å². The maximum Gasteiger partial charge on any atom is 0.415 e. The van der Waals surface area contributed by atoms with Gasteiger partial charge in [0.15, 0.2) is 0 Å². The van der Waals surface area contributed by atoms with E-state index < -0.39 is 17.2 Å². The van der Waals surface area contributed by atoms with Crippen molar-refractivity contribution in [1.29, 1.82) is 0 Å². The van der Waals surface area contributed by atoms with Gasteiger partial charge in [-0.1, -0.05) is 19.9 Å². The van der Waals surface area contributed by atoms with Crippen molar-refractivity contribution in [2.75, 3.05) is 12.3 Å². The number of nitrogens with zero attached hydrogens (tertiary/aromatic N) is 1. The van der Waals surface area contributed by atoms with Gasteiger partial charge in [0.25, 0.3) is 6.02 Å². The summed E-state index contributed by atoms with van der Waals surface area (Å²) < 4.78 is 11.0. The average molecular weight is 345 g/mol. The maximum atomic E-state index is 12.0. The zero-order chi connectivity index (χ0) is 18.5. The van der Waals surface area contributed by atoms with Gasteiger partial charge in [0, 0.05) is 5.69 Å². The number of alkyl carbamates (subject to hydrolysis) is 1. The summed E-state index contributed by atoms with van der Waals surface area (Å²) >= 11 is 0. The Kier molecular flexibility index (Phi) is 3.97. The van der Waals surface area contributed by atoms with E-state index >= 15 is 0 Å². The molecule has 1 atom stereocenters. The van der Waals surface area contributed by atoms with Gasteiger partial charge >= 0.3 is 6.09 Å². The molecular weight excluding hydrogens is 318 g/mol. The summed E-state index contributed by atoms with van der Waals surface area (Å²) in [6.07, 6.45) is 1.23. The van der Waals surface area contributed by atoms with E-state index in [1.165, 1.54) is 5.56 Å². The number of nitrogen functional groups attached to an aromatic ring is 1. The van der Waals surface area contributed by atoms with Crippen molar-refractivity contribution in [3.8, 4) is 0 Å². The summed E-state index contributed by atoms with van der Waals surface area (Å²) in [6, 6.07) is 6.18. The first kappa shape index (κ1) is 17.6. The largest absolute Gasteiger partial charge is 0.462 e. The SMILES string of the molecule is CC1(C)Cc2ccc(N)cc2C2(COC(NC(=O)OC(C)(C)C)=N2)C1. The molecule has 1 amide bonds. The molecule has 1 unspecified atom stereocenters. The molecule has 6 heteroatoms. The molecule has 1 aromatic rings. The van der Waals surface area contributed by atoms with E-state index in [2.05, 4.69) is 25.2 Å². The highest BCUT2D eigenvalue weighted by Gasteiger charge is 2.48. The summed E-state index contributed by atoms with van der Waals surface area (Å²) in [5.74, 6) is 0. The Bertz CT molecular complexity index is 734. The van der Waals surface area contributed by atoms with Crippen molar-refractivity contribution in [2.45, 2.75) is 58.6 Å². The number of hydrogen-bond acceptors (Lipinski definition) is 5. The van der Waals surface area contributed by atoms with Crippen LogP contribution in [0.2, 0.25) is 0 Å². The van der Waals surface area contributed by atoms with Gasteiger partial charge in [0.2, 0.25) is 0 Å². The fourth-order valence-corrected chi connectivity index (χ4v) is 3.78. The third kappa shape index (κ3) is 3.72. The summed E-state index contributed by atoms with van der Waals surface area (Å²) in [7, 11) is 0. The number of rotatable bonds is 0. The first-order valence-electron chi connectivity index (χ1n) is 8.60. The smallest absolute Gasteiger partial charge is 0.415 e. The fraction of sp³-hybridized carbons (Fsp3) is 0.579. The third-order valence-electron chi connectivity index (χ3n) is 4.45. The molecule has 3 rings (SSSR count). The van der Waals surface area contributed by atoms with Crippen molar-refractivity contribution < 1.29 is 14.3 Å². The number of amides is 1. The molecule has 6 nitrogen and oxygen atoms in total. The molecule has 2 aliphatic rings. The number of amidine groups is 1. The molecule has 1 spiro atoms. The Hall–Kier alpha value is -2.24. The number of hydrogen-bond donors (Lipinski definition) is 2. The van der Waals surface area contributed by atoms with Crippen LogP contribution in [0, 0.1) is 5.41 Å². The summed E-state index contributed by atoms with van der Waals surface area (Å²) in [5.41, 5.74) is 8.03. The Morgan fingerprint density at radius 2 is 2.08 bits per heavy atom. The molecule has 3 N–H and O–H groups in total. The van der Waals surface area contributed by atoms with E-state index in [1.807, 2.05) is 32.9 Å². The molecule has 136 valence electrons. The van der Waals surface area contributed by atoms with Crippen molar-refractivity contribution >= 4 is 17.8 Å². The maximum absolute atomic E-state index is 12.0. The van der Waals surface area contributed by atoms with Crippen LogP contribution in [0.1, 0.15) is 52.2 Å². The number of ether oxygens (including phenoxy) is 2.